The van der Waals surface area contributed by atoms with Crippen LogP contribution in [0.4, 0.5) is 5.82 Å². The van der Waals surface area contributed by atoms with E-state index in [1.165, 1.54) is 6.33 Å². The Hall–Kier alpha value is -2.44. The van der Waals surface area contributed by atoms with Gasteiger partial charge in [-0.15, -0.1) is 0 Å². The van der Waals surface area contributed by atoms with Gasteiger partial charge in [0.15, 0.2) is 0 Å². The molecule has 0 spiro atoms. The fourth-order valence-electron chi connectivity index (χ4n) is 2.78. The highest BCUT2D eigenvalue weighted by Crippen LogP contribution is 2.18. The van der Waals surface area contributed by atoms with Crippen LogP contribution < -0.4 is 5.32 Å². The summed E-state index contributed by atoms with van der Waals surface area (Å²) in [6.07, 6.45) is 5.07. The molecule has 0 unspecified atom stereocenters. The van der Waals surface area contributed by atoms with Crippen LogP contribution in [-0.4, -0.2) is 49.7 Å². The molecule has 22 heavy (non-hydrogen) atoms. The van der Waals surface area contributed by atoms with Crippen LogP contribution in [0, 0.1) is 6.92 Å². The van der Waals surface area contributed by atoms with E-state index in [2.05, 4.69) is 20.4 Å². The summed E-state index contributed by atoms with van der Waals surface area (Å²) in [4.78, 5) is 22.6. The molecule has 1 aliphatic heterocycles. The molecule has 1 N–H and O–H groups in total. The minimum absolute atomic E-state index is 0.0898. The number of carbonyl (C=O) groups is 1. The van der Waals surface area contributed by atoms with E-state index in [0.29, 0.717) is 0 Å². The highest BCUT2D eigenvalue weighted by atomic mass is 16.2. The lowest BCUT2D eigenvalue weighted by Gasteiger charge is -2.25. The summed E-state index contributed by atoms with van der Waals surface area (Å²) in [6, 6.07) is 6.10. The van der Waals surface area contributed by atoms with Crippen LogP contribution >= 0.6 is 0 Å². The summed E-state index contributed by atoms with van der Waals surface area (Å²) in [7, 11) is 0. The number of hydrogen-bond acceptors (Lipinski definition) is 5. The topological polar surface area (TPSA) is 75.9 Å². The number of pyridine rings is 1. The maximum absolute atomic E-state index is 12.4. The molecule has 0 saturated carbocycles. The number of aryl methyl sites for hydroxylation is 1. The van der Waals surface area contributed by atoms with Crippen LogP contribution in [0.15, 0.2) is 30.9 Å². The van der Waals surface area contributed by atoms with Gasteiger partial charge < -0.3 is 10.2 Å². The van der Waals surface area contributed by atoms with Gasteiger partial charge in [0.2, 0.25) is 5.91 Å². The number of aromatic nitrogens is 4. The van der Waals surface area contributed by atoms with Crippen molar-refractivity contribution in [2.75, 3.05) is 18.4 Å². The fourth-order valence-corrected chi connectivity index (χ4v) is 2.78. The summed E-state index contributed by atoms with van der Waals surface area (Å²) >= 11 is 0. The number of likely N-dealkylation sites (tertiary alicyclic amines) is 1. The van der Waals surface area contributed by atoms with Gasteiger partial charge in [-0.1, -0.05) is 6.07 Å². The predicted octanol–water partition coefficient (Wildman–Crippen LogP) is 1.08. The summed E-state index contributed by atoms with van der Waals surface area (Å²) in [5.74, 6) is 0.947. The first kappa shape index (κ1) is 14.5. The number of rotatable bonds is 5. The van der Waals surface area contributed by atoms with Crippen molar-refractivity contribution in [3.8, 4) is 0 Å². The zero-order valence-electron chi connectivity index (χ0n) is 12.6. The van der Waals surface area contributed by atoms with E-state index >= 15 is 0 Å². The van der Waals surface area contributed by atoms with Gasteiger partial charge in [-0.25, -0.2) is 14.6 Å². The minimum Gasteiger partial charge on any atom is -0.368 e. The standard InChI is InChI=1S/C15H20N6O/c1-12-4-2-6-14(19-12)17-8-13-5-3-7-21(13)15(22)9-20-11-16-10-18-20/h2,4,6,10-11,13H,3,5,7-9H2,1H3,(H,17,19)/t13-/m0/s1. The average molecular weight is 300 g/mol. The van der Waals surface area contributed by atoms with Gasteiger partial charge in [-0.05, 0) is 31.9 Å². The quantitative estimate of drug-likeness (QED) is 0.894. The first-order valence-electron chi connectivity index (χ1n) is 7.52. The molecule has 1 fully saturated rings. The fraction of sp³-hybridized carbons (Fsp3) is 0.467. The molecule has 0 radical (unpaired) electrons. The van der Waals surface area contributed by atoms with Gasteiger partial charge >= 0.3 is 0 Å². The normalized spacial score (nSPS) is 17.7. The average Bonchev–Trinajstić information content (AvgIpc) is 3.16. The van der Waals surface area contributed by atoms with Gasteiger partial charge in [0.25, 0.3) is 0 Å². The maximum Gasteiger partial charge on any atom is 0.244 e. The third kappa shape index (κ3) is 3.41. The molecule has 0 bridgehead atoms. The van der Waals surface area contributed by atoms with E-state index in [1.807, 2.05) is 30.0 Å². The minimum atomic E-state index is 0.0898. The van der Waals surface area contributed by atoms with Crippen LogP contribution in [0.2, 0.25) is 0 Å². The zero-order valence-corrected chi connectivity index (χ0v) is 12.6. The van der Waals surface area contributed by atoms with Gasteiger partial charge in [0.1, 0.15) is 25.0 Å². The van der Waals surface area contributed by atoms with E-state index < -0.39 is 0 Å². The molecule has 2 aromatic heterocycles. The Balaban J connectivity index is 1.57. The first-order valence-corrected chi connectivity index (χ1v) is 7.52. The maximum atomic E-state index is 12.4. The van der Waals surface area contributed by atoms with Crippen molar-refractivity contribution in [3.63, 3.8) is 0 Å². The molecule has 1 aliphatic rings. The van der Waals surface area contributed by atoms with Gasteiger partial charge in [-0.3, -0.25) is 4.79 Å². The lowest BCUT2D eigenvalue weighted by atomic mass is 10.2. The zero-order chi connectivity index (χ0) is 15.4. The van der Waals surface area contributed by atoms with Crippen molar-refractivity contribution >= 4 is 11.7 Å². The second-order valence-corrected chi connectivity index (χ2v) is 5.52. The Labute approximate surface area is 129 Å². The number of carbonyl (C=O) groups excluding carboxylic acids is 1. The molecule has 7 heteroatoms. The van der Waals surface area contributed by atoms with E-state index in [1.54, 1.807) is 11.0 Å². The molecular formula is C15H20N6O. The van der Waals surface area contributed by atoms with Crippen molar-refractivity contribution in [2.24, 2.45) is 0 Å². The molecule has 1 saturated heterocycles. The highest BCUT2D eigenvalue weighted by molar-refractivity contribution is 5.76. The Morgan fingerprint density at radius 1 is 1.45 bits per heavy atom. The van der Waals surface area contributed by atoms with E-state index in [4.69, 9.17) is 0 Å². The lowest BCUT2D eigenvalue weighted by molar-refractivity contribution is -0.132. The lowest BCUT2D eigenvalue weighted by Crippen LogP contribution is -2.41. The van der Waals surface area contributed by atoms with Crippen LogP contribution in [0.25, 0.3) is 0 Å². The molecule has 0 aromatic carbocycles. The van der Waals surface area contributed by atoms with Crippen molar-refractivity contribution in [2.45, 2.75) is 32.4 Å². The molecule has 7 nitrogen and oxygen atoms in total. The van der Waals surface area contributed by atoms with Gasteiger partial charge in [-0.2, -0.15) is 5.10 Å². The van der Waals surface area contributed by atoms with Gasteiger partial charge in [0.05, 0.1) is 0 Å². The second kappa shape index (κ2) is 6.55. The van der Waals surface area contributed by atoms with Crippen molar-refractivity contribution in [1.82, 2.24) is 24.6 Å². The Bertz CT molecular complexity index is 627. The first-order chi connectivity index (χ1) is 10.7. The molecule has 116 valence electrons. The predicted molar refractivity (Wildman–Crippen MR) is 82.2 cm³/mol. The molecule has 1 amide bonds. The summed E-state index contributed by atoms with van der Waals surface area (Å²) in [6.45, 7) is 3.74. The third-order valence-corrected chi connectivity index (χ3v) is 3.87. The second-order valence-electron chi connectivity index (χ2n) is 5.52. The Morgan fingerprint density at radius 2 is 2.36 bits per heavy atom. The molecule has 3 heterocycles. The third-order valence-electron chi connectivity index (χ3n) is 3.87. The molecule has 3 rings (SSSR count). The van der Waals surface area contributed by atoms with E-state index in [9.17, 15) is 4.79 Å². The highest BCUT2D eigenvalue weighted by Gasteiger charge is 2.28. The van der Waals surface area contributed by atoms with Crippen molar-refractivity contribution < 1.29 is 4.79 Å². The molecule has 0 aliphatic carbocycles. The largest absolute Gasteiger partial charge is 0.368 e. The Morgan fingerprint density at radius 3 is 3.14 bits per heavy atom. The van der Waals surface area contributed by atoms with Crippen molar-refractivity contribution in [3.05, 3.63) is 36.5 Å². The van der Waals surface area contributed by atoms with E-state index in [0.717, 1.165) is 37.4 Å². The monoisotopic (exact) mass is 300 g/mol. The number of anilines is 1. The number of hydrogen-bond donors (Lipinski definition) is 1. The van der Waals surface area contributed by atoms with Crippen LogP contribution in [0.3, 0.4) is 0 Å². The van der Waals surface area contributed by atoms with E-state index in [-0.39, 0.29) is 18.5 Å². The summed E-state index contributed by atoms with van der Waals surface area (Å²) < 4.78 is 1.56. The molecular weight excluding hydrogens is 280 g/mol. The molecule has 1 atom stereocenters. The van der Waals surface area contributed by atoms with Crippen molar-refractivity contribution in [1.29, 1.82) is 0 Å². The van der Waals surface area contributed by atoms with Crippen LogP contribution in [0.1, 0.15) is 18.5 Å². The SMILES string of the molecule is Cc1cccc(NC[C@@H]2CCCN2C(=O)Cn2cncn2)n1. The summed E-state index contributed by atoms with van der Waals surface area (Å²) in [5.41, 5.74) is 0.982. The van der Waals surface area contributed by atoms with Gasteiger partial charge in [0, 0.05) is 24.8 Å². The van der Waals surface area contributed by atoms with Crippen LogP contribution in [0.5, 0.6) is 0 Å². The van der Waals surface area contributed by atoms with Crippen LogP contribution in [-0.2, 0) is 11.3 Å². The smallest absolute Gasteiger partial charge is 0.244 e. The molecule has 2 aromatic rings. The number of amides is 1. The Kier molecular flexibility index (Phi) is 4.32. The number of nitrogens with zero attached hydrogens (tertiary/aromatic N) is 5. The number of nitrogens with one attached hydrogen (secondary N) is 1. The summed E-state index contributed by atoms with van der Waals surface area (Å²) in [5, 5.41) is 7.32.